The molecule has 0 unspecified atom stereocenters. The first-order chi connectivity index (χ1) is 9.67. The van der Waals surface area contributed by atoms with Crippen molar-refractivity contribution in [3.63, 3.8) is 0 Å². The van der Waals surface area contributed by atoms with E-state index < -0.39 is 0 Å². The highest BCUT2D eigenvalue weighted by Gasteiger charge is 2.22. The number of hydrogen-bond donors (Lipinski definition) is 0. The molecule has 0 aromatic carbocycles. The normalized spacial score (nSPS) is 10.3. The van der Waals surface area contributed by atoms with Gasteiger partial charge in [0.1, 0.15) is 11.8 Å². The molecule has 0 aliphatic carbocycles. The molecule has 0 saturated carbocycles. The summed E-state index contributed by atoms with van der Waals surface area (Å²) in [4.78, 5) is 18.4. The number of carbonyl (C=O) groups excluding carboxylic acids is 1. The van der Waals surface area contributed by atoms with Crippen LogP contribution < -0.4 is 0 Å². The van der Waals surface area contributed by atoms with Gasteiger partial charge in [-0.2, -0.15) is 5.26 Å². The van der Waals surface area contributed by atoms with Gasteiger partial charge in [-0.05, 0) is 25.0 Å². The van der Waals surface area contributed by atoms with E-state index in [4.69, 9.17) is 10.00 Å². The zero-order valence-electron chi connectivity index (χ0n) is 12.3. The number of nitrogens with zero attached hydrogens (tertiary/aromatic N) is 3. The lowest BCUT2D eigenvalue weighted by molar-refractivity contribution is 0.0583. The highest BCUT2D eigenvalue weighted by molar-refractivity contribution is 5.92. The summed E-state index contributed by atoms with van der Waals surface area (Å²) in [7, 11) is 1.62. The minimum Gasteiger partial charge on any atom is -0.383 e. The molecule has 5 heteroatoms. The minimum absolute atomic E-state index is 0.111. The van der Waals surface area contributed by atoms with Crippen LogP contribution in [0.15, 0.2) is 18.3 Å². The van der Waals surface area contributed by atoms with E-state index in [0.29, 0.717) is 24.4 Å². The van der Waals surface area contributed by atoms with Gasteiger partial charge in [0.25, 0.3) is 5.91 Å². The van der Waals surface area contributed by atoms with Crippen LogP contribution in [-0.4, -0.2) is 42.1 Å². The Morgan fingerprint density at radius 2 is 2.15 bits per heavy atom. The van der Waals surface area contributed by atoms with Crippen LogP contribution in [-0.2, 0) is 4.74 Å². The van der Waals surface area contributed by atoms with E-state index in [-0.39, 0.29) is 11.9 Å². The number of amides is 1. The van der Waals surface area contributed by atoms with E-state index in [1.807, 2.05) is 6.07 Å². The molecular formula is C15H21N3O2. The number of carbonyl (C=O) groups is 1. The van der Waals surface area contributed by atoms with Gasteiger partial charge < -0.3 is 9.64 Å². The Labute approximate surface area is 120 Å². The topological polar surface area (TPSA) is 66.2 Å². The molecule has 1 amide bonds. The first kappa shape index (κ1) is 16.1. The Morgan fingerprint density at radius 3 is 2.60 bits per heavy atom. The van der Waals surface area contributed by atoms with E-state index in [1.54, 1.807) is 24.1 Å². The van der Waals surface area contributed by atoms with Crippen LogP contribution >= 0.6 is 0 Å². The summed E-state index contributed by atoms with van der Waals surface area (Å²) in [5, 5.41) is 8.75. The third-order valence-corrected chi connectivity index (χ3v) is 3.29. The number of aromatic nitrogens is 1. The molecule has 0 saturated heterocycles. The van der Waals surface area contributed by atoms with Gasteiger partial charge in [-0.15, -0.1) is 0 Å². The molecular weight excluding hydrogens is 254 g/mol. The van der Waals surface area contributed by atoms with E-state index in [1.165, 1.54) is 6.20 Å². The van der Waals surface area contributed by atoms with Gasteiger partial charge >= 0.3 is 0 Å². The zero-order valence-corrected chi connectivity index (χ0v) is 12.3. The summed E-state index contributed by atoms with van der Waals surface area (Å²) in [6.45, 7) is 5.17. The Bertz CT molecular complexity index is 461. The molecule has 1 heterocycles. The first-order valence-corrected chi connectivity index (χ1v) is 6.83. The van der Waals surface area contributed by atoms with Gasteiger partial charge in [0.2, 0.25) is 0 Å². The molecule has 1 aromatic heterocycles. The average Bonchev–Trinajstić information content (AvgIpc) is 2.51. The Balaban J connectivity index is 2.93. The summed E-state index contributed by atoms with van der Waals surface area (Å²) in [6.07, 6.45) is 3.21. The quantitative estimate of drug-likeness (QED) is 0.765. The van der Waals surface area contributed by atoms with Crippen LogP contribution in [0.5, 0.6) is 0 Å². The Morgan fingerprint density at radius 1 is 1.45 bits per heavy atom. The lowest BCUT2D eigenvalue weighted by Crippen LogP contribution is -2.42. The molecule has 1 aromatic rings. The van der Waals surface area contributed by atoms with Gasteiger partial charge in [-0.25, -0.2) is 4.98 Å². The predicted octanol–water partition coefficient (Wildman–Crippen LogP) is 2.23. The van der Waals surface area contributed by atoms with Crippen molar-refractivity contribution in [2.24, 2.45) is 0 Å². The van der Waals surface area contributed by atoms with Crippen LogP contribution in [0.3, 0.4) is 0 Å². The van der Waals surface area contributed by atoms with E-state index in [0.717, 1.165) is 12.8 Å². The second-order valence-electron chi connectivity index (χ2n) is 4.51. The highest BCUT2D eigenvalue weighted by atomic mass is 16.5. The molecule has 0 N–H and O–H groups in total. The highest BCUT2D eigenvalue weighted by Crippen LogP contribution is 2.13. The van der Waals surface area contributed by atoms with Crippen LogP contribution in [0.1, 0.15) is 42.7 Å². The smallest absolute Gasteiger partial charge is 0.272 e. The monoisotopic (exact) mass is 275 g/mol. The fourth-order valence-electron chi connectivity index (χ4n) is 2.10. The maximum Gasteiger partial charge on any atom is 0.272 e. The van der Waals surface area contributed by atoms with Crippen LogP contribution in [0, 0.1) is 11.3 Å². The number of ether oxygens (including phenoxy) is 1. The fourth-order valence-corrected chi connectivity index (χ4v) is 2.10. The zero-order chi connectivity index (χ0) is 15.0. The number of nitriles is 1. The van der Waals surface area contributed by atoms with Crippen molar-refractivity contribution in [3.05, 3.63) is 29.6 Å². The SMILES string of the molecule is CCC(CC)N(CCOC)C(=O)c1ccc(C#N)cn1. The van der Waals surface area contributed by atoms with E-state index >= 15 is 0 Å². The molecule has 0 aliphatic rings. The molecule has 0 spiro atoms. The Hall–Kier alpha value is -1.93. The fraction of sp³-hybridized carbons (Fsp3) is 0.533. The maximum atomic E-state index is 12.5. The van der Waals surface area contributed by atoms with Gasteiger partial charge in [-0.3, -0.25) is 4.79 Å². The van der Waals surface area contributed by atoms with Crippen LogP contribution in [0.4, 0.5) is 0 Å². The minimum atomic E-state index is -0.111. The molecule has 0 aliphatic heterocycles. The van der Waals surface area contributed by atoms with E-state index in [9.17, 15) is 4.79 Å². The second kappa shape index (κ2) is 8.28. The van der Waals surface area contributed by atoms with Crippen LogP contribution in [0.2, 0.25) is 0 Å². The summed E-state index contributed by atoms with van der Waals surface area (Å²) in [5.74, 6) is -0.111. The lowest BCUT2D eigenvalue weighted by atomic mass is 10.1. The standard InChI is InChI=1S/C15H21N3O2/c1-4-13(5-2)18(8-9-20-3)15(19)14-7-6-12(10-16)11-17-14/h6-7,11,13H,4-5,8-9H2,1-3H3. The summed E-state index contributed by atoms with van der Waals surface area (Å²) in [6, 6.07) is 5.38. The first-order valence-electron chi connectivity index (χ1n) is 6.83. The molecule has 20 heavy (non-hydrogen) atoms. The number of methoxy groups -OCH3 is 1. The lowest BCUT2D eigenvalue weighted by Gasteiger charge is -2.30. The summed E-state index contributed by atoms with van der Waals surface area (Å²) >= 11 is 0. The number of hydrogen-bond acceptors (Lipinski definition) is 4. The molecule has 0 bridgehead atoms. The van der Waals surface area contributed by atoms with Crippen molar-refractivity contribution in [3.8, 4) is 6.07 Å². The van der Waals surface area contributed by atoms with Gasteiger partial charge in [0.15, 0.2) is 0 Å². The van der Waals surface area contributed by atoms with Gasteiger partial charge in [0, 0.05) is 25.9 Å². The van der Waals surface area contributed by atoms with Crippen molar-refractivity contribution in [2.75, 3.05) is 20.3 Å². The van der Waals surface area contributed by atoms with Crippen molar-refractivity contribution in [2.45, 2.75) is 32.7 Å². The summed E-state index contributed by atoms with van der Waals surface area (Å²) < 4.78 is 5.08. The van der Waals surface area contributed by atoms with E-state index in [2.05, 4.69) is 18.8 Å². The number of pyridine rings is 1. The van der Waals surface area contributed by atoms with Gasteiger partial charge in [-0.1, -0.05) is 13.8 Å². The van der Waals surface area contributed by atoms with Crippen molar-refractivity contribution in [1.82, 2.24) is 9.88 Å². The van der Waals surface area contributed by atoms with Crippen molar-refractivity contribution < 1.29 is 9.53 Å². The van der Waals surface area contributed by atoms with Crippen molar-refractivity contribution >= 4 is 5.91 Å². The third kappa shape index (κ3) is 4.04. The Kier molecular flexibility index (Phi) is 6.68. The molecule has 0 atom stereocenters. The molecule has 5 nitrogen and oxygen atoms in total. The van der Waals surface area contributed by atoms with Crippen molar-refractivity contribution in [1.29, 1.82) is 5.26 Å². The maximum absolute atomic E-state index is 12.5. The molecule has 1 rings (SSSR count). The third-order valence-electron chi connectivity index (χ3n) is 3.29. The van der Waals surface area contributed by atoms with Gasteiger partial charge in [0.05, 0.1) is 12.2 Å². The molecule has 0 radical (unpaired) electrons. The second-order valence-corrected chi connectivity index (χ2v) is 4.51. The van der Waals surface area contributed by atoms with Crippen LogP contribution in [0.25, 0.3) is 0 Å². The largest absolute Gasteiger partial charge is 0.383 e. The summed E-state index contributed by atoms with van der Waals surface area (Å²) in [5.41, 5.74) is 0.819. The molecule has 108 valence electrons. The number of rotatable bonds is 7. The predicted molar refractivity (Wildman–Crippen MR) is 76.2 cm³/mol. The average molecular weight is 275 g/mol. The molecule has 0 fully saturated rings.